The van der Waals surface area contributed by atoms with Crippen LogP contribution in [0.4, 0.5) is 0 Å². The Morgan fingerprint density at radius 2 is 1.83 bits per heavy atom. The average molecular weight is 288 g/mol. The fourth-order valence-corrected chi connectivity index (χ4v) is 2.62. The molecule has 1 aliphatic heterocycles. The number of hydrogen-bond donors (Lipinski definition) is 0. The van der Waals surface area contributed by atoms with E-state index >= 15 is 0 Å². The van der Waals surface area contributed by atoms with Gasteiger partial charge in [-0.05, 0) is 25.9 Å². The summed E-state index contributed by atoms with van der Waals surface area (Å²) in [5.74, 6) is 1.18. The van der Waals surface area contributed by atoms with Crippen LogP contribution >= 0.6 is 24.0 Å². The van der Waals surface area contributed by atoms with E-state index in [1.54, 1.807) is 0 Å². The first-order chi connectivity index (χ1) is 8.31. The second kappa shape index (κ2) is 7.78. The number of alkyl halides is 1. The van der Waals surface area contributed by atoms with E-state index in [0.717, 1.165) is 38.0 Å². The first-order valence-electron chi connectivity index (χ1n) is 6.19. The third-order valence-electron chi connectivity index (χ3n) is 3.42. The number of piperidine rings is 1. The van der Waals surface area contributed by atoms with Crippen molar-refractivity contribution in [2.45, 2.75) is 12.8 Å². The Bertz CT molecular complexity index is 361. The highest BCUT2D eigenvalue weighted by molar-refractivity contribution is 6.18. The molecular weight excluding hydrogens is 269 g/mol. The summed E-state index contributed by atoms with van der Waals surface area (Å²) in [5, 5.41) is 0. The van der Waals surface area contributed by atoms with Gasteiger partial charge < -0.3 is 4.90 Å². The normalized spacial score (nSPS) is 17.2. The fraction of sp³-hybridized carbons (Fsp3) is 0.500. The molecule has 0 aromatic heterocycles. The molecule has 0 bridgehead atoms. The minimum absolute atomic E-state index is 0. The van der Waals surface area contributed by atoms with Crippen molar-refractivity contribution in [1.82, 2.24) is 4.90 Å². The van der Waals surface area contributed by atoms with E-state index < -0.39 is 0 Å². The van der Waals surface area contributed by atoms with Crippen LogP contribution < -0.4 is 0 Å². The second-order valence-electron chi connectivity index (χ2n) is 4.54. The quantitative estimate of drug-likeness (QED) is 0.626. The summed E-state index contributed by atoms with van der Waals surface area (Å²) in [4.78, 5) is 14.6. The molecule has 4 heteroatoms. The van der Waals surface area contributed by atoms with Crippen LogP contribution in [0.1, 0.15) is 23.2 Å². The molecule has 1 saturated heterocycles. The van der Waals surface area contributed by atoms with Crippen LogP contribution in [0.15, 0.2) is 30.3 Å². The summed E-state index contributed by atoms with van der Waals surface area (Å²) in [6.07, 6.45) is 1.93. The molecule has 2 nitrogen and oxygen atoms in total. The van der Waals surface area contributed by atoms with Crippen LogP contribution in [0.25, 0.3) is 0 Å². The van der Waals surface area contributed by atoms with Gasteiger partial charge in [0.2, 0.25) is 0 Å². The number of Topliss-reactive ketones (excluding diaryl/α,β-unsaturated/α-hetero) is 1. The Hall–Kier alpha value is -0.570. The van der Waals surface area contributed by atoms with Gasteiger partial charge in [-0.25, -0.2) is 0 Å². The van der Waals surface area contributed by atoms with Gasteiger partial charge in [-0.1, -0.05) is 30.3 Å². The minimum atomic E-state index is 0. The number of halogens is 2. The molecule has 1 aromatic rings. The summed E-state index contributed by atoms with van der Waals surface area (Å²) < 4.78 is 0. The zero-order valence-electron chi connectivity index (χ0n) is 10.3. The number of hydrogen-bond acceptors (Lipinski definition) is 2. The number of carbonyl (C=O) groups excluding carboxylic acids is 1. The van der Waals surface area contributed by atoms with Gasteiger partial charge in [0.15, 0.2) is 5.78 Å². The van der Waals surface area contributed by atoms with Crippen molar-refractivity contribution in [3.8, 4) is 0 Å². The van der Waals surface area contributed by atoms with Crippen LogP contribution in [-0.2, 0) is 0 Å². The van der Waals surface area contributed by atoms with E-state index in [-0.39, 0.29) is 18.3 Å². The maximum absolute atomic E-state index is 12.2. The van der Waals surface area contributed by atoms with E-state index in [1.165, 1.54) is 0 Å². The largest absolute Gasteiger partial charge is 0.302 e. The molecule has 0 atom stereocenters. The molecule has 0 unspecified atom stereocenters. The number of nitrogens with zero attached hydrogens (tertiary/aromatic N) is 1. The number of rotatable bonds is 4. The van der Waals surface area contributed by atoms with Gasteiger partial charge in [0.05, 0.1) is 0 Å². The minimum Gasteiger partial charge on any atom is -0.302 e. The summed E-state index contributed by atoms with van der Waals surface area (Å²) in [7, 11) is 0. The molecule has 0 saturated carbocycles. The Kier molecular flexibility index (Phi) is 6.69. The van der Waals surface area contributed by atoms with Gasteiger partial charge in [-0.3, -0.25) is 4.79 Å². The predicted octanol–water partition coefficient (Wildman–Crippen LogP) is 3.24. The Balaban J connectivity index is 0.00000162. The third-order valence-corrected chi connectivity index (χ3v) is 3.59. The second-order valence-corrected chi connectivity index (χ2v) is 4.91. The molecule has 0 spiro atoms. The maximum atomic E-state index is 12.2. The van der Waals surface area contributed by atoms with Crippen molar-refractivity contribution in [2.24, 2.45) is 5.92 Å². The van der Waals surface area contributed by atoms with E-state index in [2.05, 4.69) is 4.90 Å². The first-order valence-corrected chi connectivity index (χ1v) is 6.72. The molecule has 0 N–H and O–H groups in total. The van der Waals surface area contributed by atoms with Gasteiger partial charge in [0, 0.05) is 23.9 Å². The molecule has 100 valence electrons. The van der Waals surface area contributed by atoms with Gasteiger partial charge >= 0.3 is 0 Å². The fourth-order valence-electron chi connectivity index (χ4n) is 2.38. The first kappa shape index (κ1) is 15.5. The van der Waals surface area contributed by atoms with Crippen LogP contribution in [-0.4, -0.2) is 36.2 Å². The predicted molar refractivity (Wildman–Crippen MR) is 77.9 cm³/mol. The van der Waals surface area contributed by atoms with E-state index in [4.69, 9.17) is 11.6 Å². The van der Waals surface area contributed by atoms with Crippen molar-refractivity contribution in [3.05, 3.63) is 35.9 Å². The highest BCUT2D eigenvalue weighted by atomic mass is 35.5. The molecular formula is C14H19Cl2NO. The lowest BCUT2D eigenvalue weighted by Crippen LogP contribution is -2.37. The van der Waals surface area contributed by atoms with Crippen molar-refractivity contribution < 1.29 is 4.79 Å². The van der Waals surface area contributed by atoms with Crippen molar-refractivity contribution in [1.29, 1.82) is 0 Å². The number of carbonyl (C=O) groups is 1. The molecule has 0 radical (unpaired) electrons. The summed E-state index contributed by atoms with van der Waals surface area (Å²) >= 11 is 5.72. The van der Waals surface area contributed by atoms with Gasteiger partial charge in [0.1, 0.15) is 0 Å². The monoisotopic (exact) mass is 287 g/mol. The molecule has 0 amide bonds. The molecule has 1 fully saturated rings. The Morgan fingerprint density at radius 1 is 1.22 bits per heavy atom. The third kappa shape index (κ3) is 3.98. The zero-order chi connectivity index (χ0) is 12.1. The molecule has 1 heterocycles. The molecule has 1 aromatic carbocycles. The summed E-state index contributed by atoms with van der Waals surface area (Å²) in [5.41, 5.74) is 0.850. The van der Waals surface area contributed by atoms with Crippen molar-refractivity contribution in [3.63, 3.8) is 0 Å². The molecule has 0 aliphatic carbocycles. The van der Waals surface area contributed by atoms with E-state index in [0.29, 0.717) is 11.7 Å². The zero-order valence-corrected chi connectivity index (χ0v) is 11.9. The summed E-state index contributed by atoms with van der Waals surface area (Å²) in [6.45, 7) is 2.93. The van der Waals surface area contributed by atoms with Crippen LogP contribution in [0.2, 0.25) is 0 Å². The Labute approximate surface area is 120 Å². The molecule has 2 rings (SSSR count). The smallest absolute Gasteiger partial charge is 0.166 e. The van der Waals surface area contributed by atoms with Gasteiger partial charge in [-0.2, -0.15) is 0 Å². The average Bonchev–Trinajstić information content (AvgIpc) is 2.40. The Morgan fingerprint density at radius 3 is 2.39 bits per heavy atom. The standard InChI is InChI=1S/C14H18ClNO.ClH/c15-8-11-16-9-6-13(7-10-16)14(17)12-4-2-1-3-5-12;/h1-5,13H,6-11H2;1H. The van der Waals surface area contributed by atoms with E-state index in [1.807, 2.05) is 30.3 Å². The van der Waals surface area contributed by atoms with Crippen molar-refractivity contribution in [2.75, 3.05) is 25.5 Å². The van der Waals surface area contributed by atoms with Crippen LogP contribution in [0.5, 0.6) is 0 Å². The highest BCUT2D eigenvalue weighted by Gasteiger charge is 2.25. The molecule has 18 heavy (non-hydrogen) atoms. The van der Waals surface area contributed by atoms with Crippen LogP contribution in [0, 0.1) is 5.92 Å². The molecule has 1 aliphatic rings. The van der Waals surface area contributed by atoms with Crippen LogP contribution in [0.3, 0.4) is 0 Å². The van der Waals surface area contributed by atoms with Crippen molar-refractivity contribution >= 4 is 29.8 Å². The lowest BCUT2D eigenvalue weighted by Gasteiger charge is -2.30. The number of benzene rings is 1. The van der Waals surface area contributed by atoms with E-state index in [9.17, 15) is 4.79 Å². The van der Waals surface area contributed by atoms with Gasteiger partial charge in [-0.15, -0.1) is 24.0 Å². The lowest BCUT2D eigenvalue weighted by atomic mass is 9.89. The highest BCUT2D eigenvalue weighted by Crippen LogP contribution is 2.21. The number of likely N-dealkylation sites (tertiary alicyclic amines) is 1. The summed E-state index contributed by atoms with van der Waals surface area (Å²) in [6, 6.07) is 9.62. The maximum Gasteiger partial charge on any atom is 0.166 e. The van der Waals surface area contributed by atoms with Gasteiger partial charge in [0.25, 0.3) is 0 Å². The SMILES string of the molecule is Cl.O=C(c1ccccc1)C1CCN(CCCl)CC1. The topological polar surface area (TPSA) is 20.3 Å². The number of ketones is 1. The lowest BCUT2D eigenvalue weighted by molar-refractivity contribution is 0.0845.